The average Bonchev–Trinajstić information content (AvgIpc) is 2.46. The molecule has 0 radical (unpaired) electrons. The number of ether oxygens (including phenoxy) is 1. The Hall–Kier alpha value is -1.39. The monoisotopic (exact) mass is 288 g/mol. The van der Waals surface area contributed by atoms with Crippen molar-refractivity contribution in [3.05, 3.63) is 35.9 Å². The van der Waals surface area contributed by atoms with Crippen LogP contribution in [0.4, 0.5) is 0 Å². The number of hydrogen-bond donors (Lipinski definition) is 1. The zero-order chi connectivity index (χ0) is 14.7. The van der Waals surface area contributed by atoms with E-state index in [1.807, 2.05) is 0 Å². The van der Waals surface area contributed by atoms with E-state index in [4.69, 9.17) is 4.74 Å². The van der Waals surface area contributed by atoms with Crippen molar-refractivity contribution in [2.45, 2.75) is 19.4 Å². The van der Waals surface area contributed by atoms with Crippen LogP contribution in [0.3, 0.4) is 0 Å². The van der Waals surface area contributed by atoms with Gasteiger partial charge in [0, 0.05) is 44.4 Å². The molecular weight excluding hydrogens is 264 g/mol. The van der Waals surface area contributed by atoms with Crippen LogP contribution in [0.15, 0.2) is 30.3 Å². The van der Waals surface area contributed by atoms with Crippen LogP contribution in [0.25, 0.3) is 0 Å². The number of carbonyl (C=O) groups excluding carboxylic acids is 1. The van der Waals surface area contributed by atoms with E-state index in [0.717, 1.165) is 39.3 Å². The molecule has 2 aliphatic rings. The van der Waals surface area contributed by atoms with E-state index in [0.29, 0.717) is 17.9 Å². The molecule has 2 fully saturated rings. The number of amides is 1. The fourth-order valence-corrected chi connectivity index (χ4v) is 3.62. The molecule has 2 heterocycles. The fraction of sp³-hybridized carbons (Fsp3) is 0.588. The summed E-state index contributed by atoms with van der Waals surface area (Å²) in [5.74, 6) is 0.934. The minimum atomic E-state index is 0.0784. The number of hydrogen-bond acceptors (Lipinski definition) is 3. The van der Waals surface area contributed by atoms with Crippen molar-refractivity contribution in [3.63, 3.8) is 0 Å². The second-order valence-electron chi connectivity index (χ2n) is 6.28. The zero-order valence-corrected chi connectivity index (χ0v) is 12.6. The van der Waals surface area contributed by atoms with Gasteiger partial charge in [0.05, 0.1) is 13.2 Å². The molecule has 0 aliphatic carbocycles. The summed E-state index contributed by atoms with van der Waals surface area (Å²) < 4.78 is 5.68. The molecule has 0 aromatic heterocycles. The Morgan fingerprint density at radius 1 is 1.24 bits per heavy atom. The van der Waals surface area contributed by atoms with Crippen molar-refractivity contribution in [2.24, 2.45) is 11.8 Å². The molecule has 4 nitrogen and oxygen atoms in total. The van der Waals surface area contributed by atoms with Gasteiger partial charge in [0.2, 0.25) is 5.91 Å². The number of benzene rings is 1. The molecule has 0 spiro atoms. The highest BCUT2D eigenvalue weighted by molar-refractivity contribution is 5.73. The van der Waals surface area contributed by atoms with E-state index in [-0.39, 0.29) is 5.91 Å². The number of nitrogens with zero attached hydrogens (tertiary/aromatic N) is 1. The smallest absolute Gasteiger partial charge is 0.217 e. The Morgan fingerprint density at radius 2 is 1.90 bits per heavy atom. The summed E-state index contributed by atoms with van der Waals surface area (Å²) in [6.45, 7) is 6.28. The number of piperidine rings is 1. The lowest BCUT2D eigenvalue weighted by molar-refractivity contribution is -0.124. The van der Waals surface area contributed by atoms with Crippen LogP contribution in [0.2, 0.25) is 0 Å². The number of nitrogens with one attached hydrogen (secondary N) is 1. The number of likely N-dealkylation sites (tertiary alicyclic amines) is 1. The highest BCUT2D eigenvalue weighted by atomic mass is 16.5. The van der Waals surface area contributed by atoms with Crippen molar-refractivity contribution >= 4 is 5.91 Å². The molecule has 2 aliphatic heterocycles. The van der Waals surface area contributed by atoms with Gasteiger partial charge in [-0.05, 0) is 12.0 Å². The van der Waals surface area contributed by atoms with Gasteiger partial charge < -0.3 is 15.0 Å². The quantitative estimate of drug-likeness (QED) is 0.908. The molecule has 3 rings (SSSR count). The first-order valence-electron chi connectivity index (χ1n) is 7.83. The van der Waals surface area contributed by atoms with Gasteiger partial charge in [-0.25, -0.2) is 0 Å². The normalized spacial score (nSPS) is 29.1. The van der Waals surface area contributed by atoms with Crippen LogP contribution in [-0.4, -0.2) is 49.7 Å². The minimum absolute atomic E-state index is 0.0784. The van der Waals surface area contributed by atoms with E-state index >= 15 is 0 Å². The number of fused-ring (bicyclic) bond motifs is 2. The first-order valence-corrected chi connectivity index (χ1v) is 7.83. The summed E-state index contributed by atoms with van der Waals surface area (Å²) in [7, 11) is 0. The zero-order valence-electron chi connectivity index (χ0n) is 12.6. The average molecular weight is 288 g/mol. The molecule has 1 aromatic rings. The van der Waals surface area contributed by atoms with E-state index in [2.05, 4.69) is 40.5 Å². The largest absolute Gasteiger partial charge is 0.381 e. The van der Waals surface area contributed by atoms with E-state index < -0.39 is 0 Å². The van der Waals surface area contributed by atoms with Gasteiger partial charge in [-0.3, -0.25) is 4.79 Å². The standard InChI is InChI=1S/C17H24N2O2/c1-13(20)18-17-15-9-19(10-16(17)12-21-11-15)8-7-14-5-3-2-4-6-14/h2-6,15-17H,7-12H2,1H3,(H,18,20). The second-order valence-corrected chi connectivity index (χ2v) is 6.28. The van der Waals surface area contributed by atoms with Crippen molar-refractivity contribution in [3.8, 4) is 0 Å². The molecule has 2 bridgehead atoms. The summed E-state index contributed by atoms with van der Waals surface area (Å²) >= 11 is 0. The van der Waals surface area contributed by atoms with Crippen molar-refractivity contribution < 1.29 is 9.53 Å². The molecule has 2 atom stereocenters. The molecule has 4 heteroatoms. The van der Waals surface area contributed by atoms with Crippen LogP contribution in [-0.2, 0) is 16.0 Å². The lowest BCUT2D eigenvalue weighted by atomic mass is 9.82. The third-order valence-electron chi connectivity index (χ3n) is 4.59. The topological polar surface area (TPSA) is 41.6 Å². The van der Waals surface area contributed by atoms with Crippen molar-refractivity contribution in [1.29, 1.82) is 0 Å². The van der Waals surface area contributed by atoms with Crippen LogP contribution < -0.4 is 5.32 Å². The maximum absolute atomic E-state index is 11.4. The van der Waals surface area contributed by atoms with Gasteiger partial charge in [0.1, 0.15) is 0 Å². The van der Waals surface area contributed by atoms with Crippen LogP contribution >= 0.6 is 0 Å². The predicted octanol–water partition coefficient (Wildman–Crippen LogP) is 1.31. The number of carbonyl (C=O) groups is 1. The predicted molar refractivity (Wildman–Crippen MR) is 82.0 cm³/mol. The molecule has 0 saturated carbocycles. The third-order valence-corrected chi connectivity index (χ3v) is 4.59. The molecule has 2 saturated heterocycles. The van der Waals surface area contributed by atoms with Crippen LogP contribution in [0.5, 0.6) is 0 Å². The fourth-order valence-electron chi connectivity index (χ4n) is 3.62. The summed E-state index contributed by atoms with van der Waals surface area (Å²) in [6.07, 6.45) is 1.09. The maximum atomic E-state index is 11.4. The van der Waals surface area contributed by atoms with Gasteiger partial charge in [0.15, 0.2) is 0 Å². The Kier molecular flexibility index (Phi) is 4.56. The Labute approximate surface area is 126 Å². The van der Waals surface area contributed by atoms with Crippen LogP contribution in [0, 0.1) is 11.8 Å². The van der Waals surface area contributed by atoms with Crippen LogP contribution in [0.1, 0.15) is 12.5 Å². The van der Waals surface area contributed by atoms with Crippen molar-refractivity contribution in [1.82, 2.24) is 10.2 Å². The SMILES string of the molecule is CC(=O)NC1C2COCC1CN(CCc1ccccc1)C2. The molecule has 1 aromatic carbocycles. The highest BCUT2D eigenvalue weighted by Crippen LogP contribution is 2.27. The lowest BCUT2D eigenvalue weighted by Gasteiger charge is -2.47. The minimum Gasteiger partial charge on any atom is -0.381 e. The first-order chi connectivity index (χ1) is 10.2. The Bertz CT molecular complexity index is 463. The maximum Gasteiger partial charge on any atom is 0.217 e. The molecule has 21 heavy (non-hydrogen) atoms. The molecule has 1 N–H and O–H groups in total. The molecule has 1 amide bonds. The third kappa shape index (κ3) is 3.63. The second kappa shape index (κ2) is 6.58. The molecule has 2 unspecified atom stereocenters. The van der Waals surface area contributed by atoms with Gasteiger partial charge in [-0.15, -0.1) is 0 Å². The lowest BCUT2D eigenvalue weighted by Crippen LogP contribution is -2.61. The highest BCUT2D eigenvalue weighted by Gasteiger charge is 2.40. The number of rotatable bonds is 4. The van der Waals surface area contributed by atoms with Gasteiger partial charge in [-0.1, -0.05) is 30.3 Å². The Morgan fingerprint density at radius 3 is 2.52 bits per heavy atom. The van der Waals surface area contributed by atoms with Gasteiger partial charge >= 0.3 is 0 Å². The first kappa shape index (κ1) is 14.5. The van der Waals surface area contributed by atoms with E-state index in [9.17, 15) is 4.79 Å². The van der Waals surface area contributed by atoms with E-state index in [1.54, 1.807) is 6.92 Å². The van der Waals surface area contributed by atoms with Gasteiger partial charge in [-0.2, -0.15) is 0 Å². The summed E-state index contributed by atoms with van der Waals surface area (Å²) in [5.41, 5.74) is 1.39. The van der Waals surface area contributed by atoms with Gasteiger partial charge in [0.25, 0.3) is 0 Å². The molecular formula is C17H24N2O2. The Balaban J connectivity index is 1.57. The van der Waals surface area contributed by atoms with E-state index in [1.165, 1.54) is 5.56 Å². The summed E-state index contributed by atoms with van der Waals surface area (Å²) in [4.78, 5) is 13.9. The summed E-state index contributed by atoms with van der Waals surface area (Å²) in [6, 6.07) is 10.9. The summed E-state index contributed by atoms with van der Waals surface area (Å²) in [5, 5.41) is 3.13. The molecule has 114 valence electrons. The van der Waals surface area contributed by atoms with Crippen molar-refractivity contribution in [2.75, 3.05) is 32.8 Å².